The van der Waals surface area contributed by atoms with E-state index < -0.39 is 6.10 Å². The third-order valence-electron chi connectivity index (χ3n) is 11.3. The van der Waals surface area contributed by atoms with Gasteiger partial charge in [0.1, 0.15) is 13.2 Å². The minimum absolute atomic E-state index is 0.0785. The smallest absolute Gasteiger partial charge is 0.306 e. The molecule has 0 spiro atoms. The van der Waals surface area contributed by atoms with Gasteiger partial charge in [0.05, 0.1) is 0 Å². The maximum atomic E-state index is 12.8. The molecule has 354 valence electrons. The second kappa shape index (κ2) is 50.0. The van der Waals surface area contributed by atoms with Crippen molar-refractivity contribution in [3.05, 3.63) is 48.6 Å². The third-order valence-corrected chi connectivity index (χ3v) is 11.3. The molecule has 0 fully saturated rings. The minimum Gasteiger partial charge on any atom is -0.462 e. The van der Waals surface area contributed by atoms with Gasteiger partial charge in [-0.2, -0.15) is 0 Å². The molecular formula is C55H98O6. The molecule has 0 bridgehead atoms. The Labute approximate surface area is 378 Å². The molecule has 0 radical (unpaired) electrons. The zero-order chi connectivity index (χ0) is 44.4. The average Bonchev–Trinajstić information content (AvgIpc) is 3.26. The van der Waals surface area contributed by atoms with Crippen molar-refractivity contribution in [3.8, 4) is 0 Å². The fourth-order valence-corrected chi connectivity index (χ4v) is 7.39. The lowest BCUT2D eigenvalue weighted by atomic mass is 10.1. The van der Waals surface area contributed by atoms with E-state index in [4.69, 9.17) is 14.2 Å². The molecule has 0 rings (SSSR count). The molecule has 0 aliphatic rings. The van der Waals surface area contributed by atoms with Gasteiger partial charge in [-0.3, -0.25) is 14.4 Å². The summed E-state index contributed by atoms with van der Waals surface area (Å²) in [5.41, 5.74) is 0. The number of unbranched alkanes of at least 4 members (excludes halogenated alkanes) is 28. The Morgan fingerprint density at radius 2 is 0.639 bits per heavy atom. The monoisotopic (exact) mass is 855 g/mol. The van der Waals surface area contributed by atoms with Crippen LogP contribution in [0.15, 0.2) is 48.6 Å². The summed E-state index contributed by atoms with van der Waals surface area (Å²) in [5, 5.41) is 0. The number of ether oxygens (including phenoxy) is 3. The van der Waals surface area contributed by atoms with Crippen LogP contribution in [0.1, 0.15) is 265 Å². The van der Waals surface area contributed by atoms with Crippen molar-refractivity contribution in [3.63, 3.8) is 0 Å². The lowest BCUT2D eigenvalue weighted by Gasteiger charge is -2.18. The van der Waals surface area contributed by atoms with Crippen LogP contribution in [0.3, 0.4) is 0 Å². The summed E-state index contributed by atoms with van der Waals surface area (Å²) in [6, 6.07) is 0. The van der Waals surface area contributed by atoms with E-state index in [1.54, 1.807) is 0 Å². The van der Waals surface area contributed by atoms with Crippen LogP contribution >= 0.6 is 0 Å². The summed E-state index contributed by atoms with van der Waals surface area (Å²) < 4.78 is 16.8. The predicted molar refractivity (Wildman–Crippen MR) is 261 cm³/mol. The molecule has 0 aliphatic carbocycles. The number of allylic oxidation sites excluding steroid dienone is 8. The first kappa shape index (κ1) is 58.4. The van der Waals surface area contributed by atoms with Crippen LogP contribution in [0.2, 0.25) is 0 Å². The van der Waals surface area contributed by atoms with Crippen molar-refractivity contribution in [2.75, 3.05) is 13.2 Å². The average molecular weight is 855 g/mol. The normalized spacial score (nSPS) is 12.4. The largest absolute Gasteiger partial charge is 0.462 e. The highest BCUT2D eigenvalue weighted by Gasteiger charge is 2.19. The fraction of sp³-hybridized carbons (Fsp3) is 0.800. The summed E-state index contributed by atoms with van der Waals surface area (Å²) in [5.74, 6) is -0.893. The number of hydrogen-bond donors (Lipinski definition) is 0. The van der Waals surface area contributed by atoms with Gasteiger partial charge < -0.3 is 14.2 Å². The lowest BCUT2D eigenvalue weighted by molar-refractivity contribution is -0.167. The maximum absolute atomic E-state index is 12.8. The van der Waals surface area contributed by atoms with Crippen LogP contribution < -0.4 is 0 Å². The zero-order valence-electron chi connectivity index (χ0n) is 40.4. The van der Waals surface area contributed by atoms with Crippen molar-refractivity contribution < 1.29 is 28.6 Å². The van der Waals surface area contributed by atoms with Crippen LogP contribution in [-0.2, 0) is 28.6 Å². The van der Waals surface area contributed by atoms with Gasteiger partial charge in [0.25, 0.3) is 0 Å². The summed E-state index contributed by atoms with van der Waals surface area (Å²) in [7, 11) is 0. The second-order valence-electron chi connectivity index (χ2n) is 17.4. The van der Waals surface area contributed by atoms with E-state index in [9.17, 15) is 14.4 Å². The van der Waals surface area contributed by atoms with Gasteiger partial charge in [0, 0.05) is 19.3 Å². The first-order valence-corrected chi connectivity index (χ1v) is 26.1. The highest BCUT2D eigenvalue weighted by molar-refractivity contribution is 5.71. The van der Waals surface area contributed by atoms with E-state index in [0.29, 0.717) is 19.3 Å². The molecule has 0 N–H and O–H groups in total. The van der Waals surface area contributed by atoms with Gasteiger partial charge >= 0.3 is 17.9 Å². The van der Waals surface area contributed by atoms with E-state index >= 15 is 0 Å². The molecule has 0 heterocycles. The Morgan fingerprint density at radius 3 is 1.02 bits per heavy atom. The number of hydrogen-bond acceptors (Lipinski definition) is 6. The predicted octanol–water partition coefficient (Wildman–Crippen LogP) is 17.1. The van der Waals surface area contributed by atoms with E-state index in [2.05, 4.69) is 69.4 Å². The molecule has 0 aromatic rings. The Hall–Kier alpha value is -2.63. The molecule has 6 heteroatoms. The van der Waals surface area contributed by atoms with Gasteiger partial charge in [-0.25, -0.2) is 0 Å². The van der Waals surface area contributed by atoms with Crippen molar-refractivity contribution in [2.24, 2.45) is 0 Å². The molecule has 0 aromatic carbocycles. The third kappa shape index (κ3) is 48.3. The standard InChI is InChI=1S/C55H98O6/c1-4-7-10-13-16-19-22-24-26-28-30-33-36-39-42-45-48-54(57)60-51-52(50-59-53(56)47-44-41-38-35-32-21-18-15-12-9-6-3)61-55(58)49-46-43-40-37-34-31-29-27-25-23-20-17-14-11-8-5-2/h7,10,16,19,24,26-27,29,52H,4-6,8-9,11-15,17-18,20-23,25,28,30-51H2,1-3H3/b10-7-,19-16-,26-24-,29-27-. The number of carbonyl (C=O) groups excluding carboxylic acids is 3. The molecule has 0 aromatic heterocycles. The van der Waals surface area contributed by atoms with E-state index in [1.807, 2.05) is 0 Å². The van der Waals surface area contributed by atoms with E-state index in [0.717, 1.165) is 96.3 Å². The van der Waals surface area contributed by atoms with Crippen molar-refractivity contribution >= 4 is 17.9 Å². The minimum atomic E-state index is -0.779. The van der Waals surface area contributed by atoms with Crippen molar-refractivity contribution in [1.29, 1.82) is 0 Å². The van der Waals surface area contributed by atoms with Gasteiger partial charge in [-0.05, 0) is 77.0 Å². The van der Waals surface area contributed by atoms with Crippen LogP contribution in [0.25, 0.3) is 0 Å². The molecule has 1 unspecified atom stereocenters. The number of carbonyl (C=O) groups is 3. The van der Waals surface area contributed by atoms with Gasteiger partial charge in [-0.1, -0.05) is 217 Å². The fourth-order valence-electron chi connectivity index (χ4n) is 7.39. The first-order chi connectivity index (χ1) is 30.0. The van der Waals surface area contributed by atoms with Crippen LogP contribution in [0.5, 0.6) is 0 Å². The first-order valence-electron chi connectivity index (χ1n) is 26.1. The van der Waals surface area contributed by atoms with E-state index in [1.165, 1.54) is 128 Å². The molecule has 61 heavy (non-hydrogen) atoms. The molecule has 0 saturated heterocycles. The molecule has 0 saturated carbocycles. The Morgan fingerprint density at radius 1 is 0.344 bits per heavy atom. The molecule has 6 nitrogen and oxygen atoms in total. The SMILES string of the molecule is CC/C=C\C/C=C\C/C=C\CCCCCCCCC(=O)OCC(COC(=O)CCCCCCCCCCCCC)OC(=O)CCCCCCC/C=C\CCCCCCCCC. The molecule has 0 amide bonds. The Kier molecular flexibility index (Phi) is 47.9. The number of rotatable bonds is 47. The quantitative estimate of drug-likeness (QED) is 0.0263. The Balaban J connectivity index is 4.38. The van der Waals surface area contributed by atoms with Gasteiger partial charge in [0.2, 0.25) is 0 Å². The maximum Gasteiger partial charge on any atom is 0.306 e. The highest BCUT2D eigenvalue weighted by atomic mass is 16.6. The lowest BCUT2D eigenvalue weighted by Crippen LogP contribution is -2.30. The zero-order valence-corrected chi connectivity index (χ0v) is 40.4. The summed E-state index contributed by atoms with van der Waals surface area (Å²) in [6.07, 6.45) is 59.5. The molecule has 1 atom stereocenters. The number of esters is 3. The van der Waals surface area contributed by atoms with E-state index in [-0.39, 0.29) is 31.1 Å². The highest BCUT2D eigenvalue weighted by Crippen LogP contribution is 2.15. The second-order valence-corrected chi connectivity index (χ2v) is 17.4. The summed E-state index contributed by atoms with van der Waals surface area (Å²) in [4.78, 5) is 38.0. The van der Waals surface area contributed by atoms with Crippen molar-refractivity contribution in [1.82, 2.24) is 0 Å². The van der Waals surface area contributed by atoms with Crippen LogP contribution in [0, 0.1) is 0 Å². The van der Waals surface area contributed by atoms with Crippen molar-refractivity contribution in [2.45, 2.75) is 271 Å². The van der Waals surface area contributed by atoms with Crippen LogP contribution in [-0.4, -0.2) is 37.2 Å². The Bertz CT molecular complexity index is 1070. The van der Waals surface area contributed by atoms with Gasteiger partial charge in [0.15, 0.2) is 6.10 Å². The topological polar surface area (TPSA) is 78.9 Å². The summed E-state index contributed by atoms with van der Waals surface area (Å²) in [6.45, 7) is 6.51. The summed E-state index contributed by atoms with van der Waals surface area (Å²) >= 11 is 0. The molecular weight excluding hydrogens is 757 g/mol. The molecule has 0 aliphatic heterocycles. The van der Waals surface area contributed by atoms with Gasteiger partial charge in [-0.15, -0.1) is 0 Å². The van der Waals surface area contributed by atoms with Crippen LogP contribution in [0.4, 0.5) is 0 Å².